The van der Waals surface area contributed by atoms with Crippen molar-refractivity contribution in [1.29, 1.82) is 0 Å². The molecule has 1 aliphatic heterocycles. The first kappa shape index (κ1) is 16.3. The summed E-state index contributed by atoms with van der Waals surface area (Å²) in [6.45, 7) is 3.72. The van der Waals surface area contributed by atoms with E-state index in [-0.39, 0.29) is 6.04 Å². The van der Waals surface area contributed by atoms with Gasteiger partial charge in [-0.15, -0.1) is 0 Å². The molecular formula is C13H24N4O3S. The molecule has 1 fully saturated rings. The van der Waals surface area contributed by atoms with Gasteiger partial charge in [0.05, 0.1) is 24.6 Å². The van der Waals surface area contributed by atoms with Crippen LogP contribution in [0.3, 0.4) is 0 Å². The van der Waals surface area contributed by atoms with Crippen molar-refractivity contribution in [3.8, 4) is 5.88 Å². The van der Waals surface area contributed by atoms with E-state index in [2.05, 4.69) is 10.4 Å². The molecule has 1 atom stereocenters. The normalized spacial score (nSPS) is 20.7. The van der Waals surface area contributed by atoms with Crippen molar-refractivity contribution in [3.63, 3.8) is 0 Å². The van der Waals surface area contributed by atoms with Gasteiger partial charge in [0.25, 0.3) is 0 Å². The summed E-state index contributed by atoms with van der Waals surface area (Å²) in [5.41, 5.74) is 1.95. The quantitative estimate of drug-likeness (QED) is 0.843. The highest BCUT2D eigenvalue weighted by atomic mass is 32.2. The fraction of sp³-hybridized carbons (Fsp3) is 0.769. The van der Waals surface area contributed by atoms with Crippen LogP contribution in [0.1, 0.15) is 24.1 Å². The van der Waals surface area contributed by atoms with E-state index in [1.165, 1.54) is 6.26 Å². The van der Waals surface area contributed by atoms with Gasteiger partial charge in [-0.05, 0) is 19.8 Å². The average Bonchev–Trinajstić information content (AvgIpc) is 2.69. The molecule has 2 rings (SSSR count). The molecule has 1 aromatic rings. The maximum Gasteiger partial charge on any atom is 0.216 e. The number of hydrogen-bond acceptors (Lipinski definition) is 5. The van der Waals surface area contributed by atoms with Crippen molar-refractivity contribution >= 4 is 10.0 Å². The van der Waals surface area contributed by atoms with Gasteiger partial charge in [0.2, 0.25) is 15.9 Å². The van der Waals surface area contributed by atoms with E-state index >= 15 is 0 Å². The first-order valence-electron chi connectivity index (χ1n) is 7.08. The molecule has 1 N–H and O–H groups in total. The molecular weight excluding hydrogens is 292 g/mol. The summed E-state index contributed by atoms with van der Waals surface area (Å²) in [6.07, 6.45) is 3.13. The topological polar surface area (TPSA) is 76.5 Å². The van der Waals surface area contributed by atoms with Crippen LogP contribution in [-0.4, -0.2) is 55.0 Å². The van der Waals surface area contributed by atoms with Gasteiger partial charge >= 0.3 is 0 Å². The van der Waals surface area contributed by atoms with E-state index in [1.807, 2.05) is 14.0 Å². The second kappa shape index (κ2) is 6.33. The lowest BCUT2D eigenvalue weighted by Crippen LogP contribution is -2.47. The molecule has 0 spiro atoms. The van der Waals surface area contributed by atoms with E-state index in [4.69, 9.17) is 4.74 Å². The fourth-order valence-corrected chi connectivity index (χ4v) is 3.71. The number of sulfonamides is 1. The molecule has 0 saturated carbocycles. The lowest BCUT2D eigenvalue weighted by atomic mass is 10.1. The number of aryl methyl sites for hydroxylation is 2. The molecule has 0 radical (unpaired) electrons. The third-order valence-electron chi connectivity index (χ3n) is 3.90. The summed E-state index contributed by atoms with van der Waals surface area (Å²) in [7, 11) is 0.373. The number of ether oxygens (including phenoxy) is 1. The maximum atomic E-state index is 11.6. The van der Waals surface area contributed by atoms with Crippen LogP contribution in [0.5, 0.6) is 5.88 Å². The Balaban J connectivity index is 2.00. The minimum Gasteiger partial charge on any atom is -0.481 e. The van der Waals surface area contributed by atoms with Gasteiger partial charge in [-0.2, -0.15) is 5.10 Å². The van der Waals surface area contributed by atoms with E-state index in [1.54, 1.807) is 16.1 Å². The first-order chi connectivity index (χ1) is 9.82. The van der Waals surface area contributed by atoms with Crippen molar-refractivity contribution in [2.45, 2.75) is 32.4 Å². The predicted octanol–water partition coefficient (Wildman–Crippen LogP) is 0.251. The van der Waals surface area contributed by atoms with Crippen LogP contribution < -0.4 is 10.1 Å². The third-order valence-corrected chi connectivity index (χ3v) is 5.17. The molecule has 0 aromatic carbocycles. The molecule has 7 nitrogen and oxygen atoms in total. The number of piperidine rings is 1. The highest BCUT2D eigenvalue weighted by Crippen LogP contribution is 2.21. The summed E-state index contributed by atoms with van der Waals surface area (Å²) >= 11 is 0. The SMILES string of the molecule is COc1c(CN[C@@H]2CCCN(S(C)(=O)=O)C2)c(C)nn1C. The van der Waals surface area contributed by atoms with Crippen molar-refractivity contribution in [3.05, 3.63) is 11.3 Å². The zero-order valence-corrected chi connectivity index (χ0v) is 13.9. The fourth-order valence-electron chi connectivity index (χ4n) is 2.80. The van der Waals surface area contributed by atoms with E-state index in [0.29, 0.717) is 19.6 Å². The second-order valence-electron chi connectivity index (χ2n) is 5.54. The van der Waals surface area contributed by atoms with Crippen molar-refractivity contribution in [1.82, 2.24) is 19.4 Å². The Kier molecular flexibility index (Phi) is 4.90. The van der Waals surface area contributed by atoms with Gasteiger partial charge in [0, 0.05) is 32.7 Å². The smallest absolute Gasteiger partial charge is 0.216 e. The van der Waals surface area contributed by atoms with E-state index in [0.717, 1.165) is 30.0 Å². The number of nitrogens with zero attached hydrogens (tertiary/aromatic N) is 3. The van der Waals surface area contributed by atoms with E-state index in [9.17, 15) is 8.42 Å². The molecule has 0 amide bonds. The lowest BCUT2D eigenvalue weighted by Gasteiger charge is -2.31. The summed E-state index contributed by atoms with van der Waals surface area (Å²) in [4.78, 5) is 0. The van der Waals surface area contributed by atoms with Gasteiger partial charge in [0.15, 0.2) is 0 Å². The summed E-state index contributed by atoms with van der Waals surface area (Å²) in [5.74, 6) is 0.746. The molecule has 1 aliphatic rings. The number of nitrogens with one attached hydrogen (secondary N) is 1. The van der Waals surface area contributed by atoms with Gasteiger partial charge in [-0.25, -0.2) is 17.4 Å². The zero-order valence-electron chi connectivity index (χ0n) is 13.1. The van der Waals surface area contributed by atoms with Crippen molar-refractivity contribution in [2.24, 2.45) is 7.05 Å². The monoisotopic (exact) mass is 316 g/mol. The van der Waals surface area contributed by atoms with Gasteiger partial charge in [0.1, 0.15) is 0 Å². The van der Waals surface area contributed by atoms with Gasteiger partial charge in [-0.3, -0.25) is 0 Å². The van der Waals surface area contributed by atoms with Crippen LogP contribution in [0.4, 0.5) is 0 Å². The third kappa shape index (κ3) is 3.75. The summed E-state index contributed by atoms with van der Waals surface area (Å²) in [6, 6.07) is 0.165. The first-order valence-corrected chi connectivity index (χ1v) is 8.92. The Morgan fingerprint density at radius 3 is 2.81 bits per heavy atom. The van der Waals surface area contributed by atoms with Crippen LogP contribution in [-0.2, 0) is 23.6 Å². The van der Waals surface area contributed by atoms with E-state index < -0.39 is 10.0 Å². The Morgan fingerprint density at radius 1 is 1.48 bits per heavy atom. The molecule has 1 aromatic heterocycles. The van der Waals surface area contributed by atoms with Gasteiger partial charge in [-0.1, -0.05) is 0 Å². The highest BCUT2D eigenvalue weighted by molar-refractivity contribution is 7.88. The molecule has 0 unspecified atom stereocenters. The van der Waals surface area contributed by atoms with Crippen LogP contribution in [0.25, 0.3) is 0 Å². The molecule has 21 heavy (non-hydrogen) atoms. The minimum absolute atomic E-state index is 0.165. The Morgan fingerprint density at radius 2 is 2.19 bits per heavy atom. The molecule has 0 aliphatic carbocycles. The van der Waals surface area contributed by atoms with Crippen LogP contribution in [0, 0.1) is 6.92 Å². The van der Waals surface area contributed by atoms with Crippen molar-refractivity contribution in [2.75, 3.05) is 26.5 Å². The minimum atomic E-state index is -3.11. The molecule has 8 heteroatoms. The molecule has 2 heterocycles. The zero-order chi connectivity index (χ0) is 15.6. The largest absolute Gasteiger partial charge is 0.481 e. The molecule has 120 valence electrons. The Hall–Kier alpha value is -1.12. The standard InChI is InChI=1S/C13H24N4O3S/c1-10-12(13(20-3)16(2)15-10)8-14-11-6-5-7-17(9-11)21(4,18)19/h11,14H,5-9H2,1-4H3/t11-/m1/s1. The maximum absolute atomic E-state index is 11.6. The number of aromatic nitrogens is 2. The summed E-state index contributed by atoms with van der Waals surface area (Å²) < 4.78 is 31.9. The van der Waals surface area contributed by atoms with Crippen molar-refractivity contribution < 1.29 is 13.2 Å². The Bertz CT molecular complexity index is 597. The lowest BCUT2D eigenvalue weighted by molar-refractivity contribution is 0.282. The number of rotatable bonds is 5. The number of hydrogen-bond donors (Lipinski definition) is 1. The summed E-state index contributed by atoms with van der Waals surface area (Å²) in [5, 5.41) is 7.77. The van der Waals surface area contributed by atoms with Crippen LogP contribution in [0.15, 0.2) is 0 Å². The Labute approximate surface area is 126 Å². The predicted molar refractivity (Wildman–Crippen MR) is 80.8 cm³/mol. The van der Waals surface area contributed by atoms with Crippen LogP contribution in [0.2, 0.25) is 0 Å². The molecule has 1 saturated heterocycles. The molecule has 0 bridgehead atoms. The number of methoxy groups -OCH3 is 1. The average molecular weight is 316 g/mol. The highest BCUT2D eigenvalue weighted by Gasteiger charge is 2.26. The van der Waals surface area contributed by atoms with Gasteiger partial charge < -0.3 is 10.1 Å². The second-order valence-corrected chi connectivity index (χ2v) is 7.52. The van der Waals surface area contributed by atoms with Crippen LogP contribution >= 0.6 is 0 Å².